The van der Waals surface area contributed by atoms with Gasteiger partial charge in [0.25, 0.3) is 5.69 Å². The molecule has 5 nitrogen and oxygen atoms in total. The van der Waals surface area contributed by atoms with Crippen molar-refractivity contribution in [3.05, 3.63) is 39.4 Å². The second-order valence-corrected chi connectivity index (χ2v) is 4.35. The van der Waals surface area contributed by atoms with E-state index in [4.69, 9.17) is 5.90 Å². The van der Waals surface area contributed by atoms with Crippen molar-refractivity contribution in [3.63, 3.8) is 0 Å². The minimum absolute atomic E-state index is 0.0901. The average Bonchev–Trinajstić information content (AvgIpc) is 2.99. The number of hydrogen-bond donors (Lipinski definition) is 1. The highest BCUT2D eigenvalue weighted by atomic mass is 16.6. The number of benzene rings is 1. The molecule has 1 fully saturated rings. The fourth-order valence-corrected chi connectivity index (χ4v) is 1.96. The van der Waals surface area contributed by atoms with Crippen molar-refractivity contribution in [3.8, 4) is 0 Å². The van der Waals surface area contributed by atoms with Crippen molar-refractivity contribution in [2.24, 2.45) is 5.90 Å². The number of nitro groups is 1. The maximum atomic E-state index is 10.8. The van der Waals surface area contributed by atoms with E-state index in [2.05, 4.69) is 4.84 Å². The zero-order valence-corrected chi connectivity index (χ0v) is 9.10. The molecule has 1 aromatic carbocycles. The summed E-state index contributed by atoms with van der Waals surface area (Å²) >= 11 is 0. The summed E-state index contributed by atoms with van der Waals surface area (Å²) < 4.78 is 0. The number of rotatable bonds is 4. The Hall–Kier alpha value is -1.46. The normalized spacial score (nSPS) is 17.1. The molecule has 1 aliphatic carbocycles. The minimum Gasteiger partial charge on any atom is -0.304 e. The average molecular weight is 222 g/mol. The van der Waals surface area contributed by atoms with Crippen LogP contribution in [0.1, 0.15) is 24.0 Å². The Bertz CT molecular complexity index is 427. The van der Waals surface area contributed by atoms with Crippen LogP contribution in [0.3, 0.4) is 0 Å². The lowest BCUT2D eigenvalue weighted by atomic mass is 9.95. The second kappa shape index (κ2) is 3.84. The Morgan fingerprint density at radius 1 is 1.56 bits per heavy atom. The molecule has 0 spiro atoms. The molecule has 0 amide bonds. The van der Waals surface area contributed by atoms with Crippen LogP contribution in [0.2, 0.25) is 0 Å². The first-order valence-corrected chi connectivity index (χ1v) is 5.16. The molecule has 1 aliphatic rings. The molecule has 0 atom stereocenters. The highest BCUT2D eigenvalue weighted by Crippen LogP contribution is 2.49. The van der Waals surface area contributed by atoms with Crippen LogP contribution >= 0.6 is 0 Å². The van der Waals surface area contributed by atoms with Gasteiger partial charge in [0.05, 0.1) is 11.5 Å². The van der Waals surface area contributed by atoms with E-state index in [0.717, 1.165) is 18.4 Å². The van der Waals surface area contributed by atoms with Gasteiger partial charge in [-0.25, -0.2) is 5.90 Å². The summed E-state index contributed by atoms with van der Waals surface area (Å²) in [4.78, 5) is 15.2. The van der Waals surface area contributed by atoms with E-state index >= 15 is 0 Å². The number of nitrogens with zero attached hydrogens (tertiary/aromatic N) is 1. The molecular formula is C11H14N2O3. The van der Waals surface area contributed by atoms with Gasteiger partial charge in [-0.1, -0.05) is 12.1 Å². The van der Waals surface area contributed by atoms with Crippen LogP contribution < -0.4 is 5.90 Å². The van der Waals surface area contributed by atoms with Gasteiger partial charge in [-0.15, -0.1) is 0 Å². The first-order valence-electron chi connectivity index (χ1n) is 5.16. The Labute approximate surface area is 93.3 Å². The zero-order chi connectivity index (χ0) is 11.8. The van der Waals surface area contributed by atoms with E-state index in [1.54, 1.807) is 19.1 Å². The van der Waals surface area contributed by atoms with Crippen LogP contribution in [-0.2, 0) is 10.3 Å². The molecule has 0 aromatic heterocycles. The van der Waals surface area contributed by atoms with Crippen molar-refractivity contribution in [1.82, 2.24) is 0 Å². The topological polar surface area (TPSA) is 78.4 Å². The van der Waals surface area contributed by atoms with E-state index in [-0.39, 0.29) is 16.0 Å². The van der Waals surface area contributed by atoms with E-state index in [0.29, 0.717) is 12.2 Å². The third kappa shape index (κ3) is 1.79. The van der Waals surface area contributed by atoms with Crippen LogP contribution in [0.4, 0.5) is 5.69 Å². The van der Waals surface area contributed by atoms with Crippen LogP contribution in [0.15, 0.2) is 18.2 Å². The molecule has 5 heteroatoms. The fraction of sp³-hybridized carbons (Fsp3) is 0.455. The highest BCUT2D eigenvalue weighted by Gasteiger charge is 2.45. The molecule has 86 valence electrons. The van der Waals surface area contributed by atoms with Crippen molar-refractivity contribution in [2.45, 2.75) is 25.2 Å². The third-order valence-electron chi connectivity index (χ3n) is 3.23. The number of aryl methyl sites for hydroxylation is 1. The van der Waals surface area contributed by atoms with E-state index in [1.165, 1.54) is 0 Å². The molecule has 16 heavy (non-hydrogen) atoms. The van der Waals surface area contributed by atoms with E-state index in [9.17, 15) is 10.1 Å². The molecule has 1 saturated carbocycles. The maximum Gasteiger partial charge on any atom is 0.272 e. The molecule has 0 saturated heterocycles. The van der Waals surface area contributed by atoms with Crippen molar-refractivity contribution >= 4 is 5.69 Å². The summed E-state index contributed by atoms with van der Waals surface area (Å²) in [7, 11) is 0. The number of nitro benzene ring substituents is 1. The third-order valence-corrected chi connectivity index (χ3v) is 3.23. The van der Waals surface area contributed by atoms with Gasteiger partial charge in [0.1, 0.15) is 0 Å². The molecule has 0 radical (unpaired) electrons. The first-order chi connectivity index (χ1) is 7.59. The van der Waals surface area contributed by atoms with Gasteiger partial charge >= 0.3 is 0 Å². The lowest BCUT2D eigenvalue weighted by Crippen LogP contribution is -2.18. The number of hydrogen-bond acceptors (Lipinski definition) is 4. The molecule has 2 N–H and O–H groups in total. The van der Waals surface area contributed by atoms with Gasteiger partial charge in [0, 0.05) is 17.0 Å². The summed E-state index contributed by atoms with van der Waals surface area (Å²) in [6, 6.07) is 5.35. The monoisotopic (exact) mass is 222 g/mol. The fourth-order valence-electron chi connectivity index (χ4n) is 1.96. The predicted octanol–water partition coefficient (Wildman–Crippen LogP) is 1.83. The van der Waals surface area contributed by atoms with Crippen molar-refractivity contribution in [1.29, 1.82) is 0 Å². The van der Waals surface area contributed by atoms with Crippen LogP contribution in [0.25, 0.3) is 0 Å². The Kier molecular flexibility index (Phi) is 2.65. The molecule has 2 rings (SSSR count). The summed E-state index contributed by atoms with van der Waals surface area (Å²) in [6.07, 6.45) is 1.95. The number of nitrogens with two attached hydrogens (primary N) is 1. The predicted molar refractivity (Wildman–Crippen MR) is 58.9 cm³/mol. The summed E-state index contributed by atoms with van der Waals surface area (Å²) in [5.41, 5.74) is 1.71. The smallest absolute Gasteiger partial charge is 0.272 e. The summed E-state index contributed by atoms with van der Waals surface area (Å²) in [5.74, 6) is 5.09. The summed E-state index contributed by atoms with van der Waals surface area (Å²) in [5, 5.41) is 10.8. The summed E-state index contributed by atoms with van der Waals surface area (Å²) in [6.45, 7) is 2.16. The second-order valence-electron chi connectivity index (χ2n) is 4.35. The van der Waals surface area contributed by atoms with Gasteiger partial charge in [-0.3, -0.25) is 10.1 Å². The molecule has 0 bridgehead atoms. The highest BCUT2D eigenvalue weighted by molar-refractivity contribution is 5.46. The Balaban J connectivity index is 2.36. The standard InChI is InChI=1S/C11H14N2O3/c1-8-2-3-9(6-10(8)13(14)15)11(4-5-11)7-16-12/h2-3,6H,4-5,7,12H2,1H3. The minimum atomic E-state index is -0.349. The van der Waals surface area contributed by atoms with Crippen LogP contribution in [0.5, 0.6) is 0 Å². The molecule has 0 unspecified atom stereocenters. The van der Waals surface area contributed by atoms with E-state index < -0.39 is 0 Å². The molecular weight excluding hydrogens is 208 g/mol. The van der Waals surface area contributed by atoms with Crippen LogP contribution in [-0.4, -0.2) is 11.5 Å². The Morgan fingerprint density at radius 2 is 2.25 bits per heavy atom. The van der Waals surface area contributed by atoms with Crippen molar-refractivity contribution in [2.75, 3.05) is 6.61 Å². The van der Waals surface area contributed by atoms with Gasteiger partial charge < -0.3 is 4.84 Å². The van der Waals surface area contributed by atoms with Gasteiger partial charge in [0.2, 0.25) is 0 Å². The molecule has 0 heterocycles. The lowest BCUT2D eigenvalue weighted by Gasteiger charge is -2.14. The van der Waals surface area contributed by atoms with Crippen LogP contribution in [0, 0.1) is 17.0 Å². The van der Waals surface area contributed by atoms with E-state index in [1.807, 2.05) is 6.07 Å². The Morgan fingerprint density at radius 3 is 2.75 bits per heavy atom. The largest absolute Gasteiger partial charge is 0.304 e. The van der Waals surface area contributed by atoms with Gasteiger partial charge in [0.15, 0.2) is 0 Å². The van der Waals surface area contributed by atoms with Crippen molar-refractivity contribution < 1.29 is 9.76 Å². The van der Waals surface area contributed by atoms with Gasteiger partial charge in [-0.05, 0) is 25.3 Å². The SMILES string of the molecule is Cc1ccc(C2(CON)CC2)cc1[N+](=O)[O-]. The maximum absolute atomic E-state index is 10.8. The first kappa shape index (κ1) is 11.0. The zero-order valence-electron chi connectivity index (χ0n) is 9.10. The molecule has 1 aromatic rings. The lowest BCUT2D eigenvalue weighted by molar-refractivity contribution is -0.385. The van der Waals surface area contributed by atoms with Gasteiger partial charge in [-0.2, -0.15) is 0 Å². The quantitative estimate of drug-likeness (QED) is 0.622. The molecule has 0 aliphatic heterocycles.